The molecule has 0 unspecified atom stereocenters. The molecule has 2 aromatic carbocycles. The van der Waals surface area contributed by atoms with Gasteiger partial charge < -0.3 is 16.0 Å². The van der Waals surface area contributed by atoms with Gasteiger partial charge in [0, 0.05) is 13.1 Å². The number of rotatable bonds is 5. The molecule has 1 fully saturated rings. The summed E-state index contributed by atoms with van der Waals surface area (Å²) in [4.78, 5) is 15.9. The Balaban J connectivity index is 1.29. The molecule has 5 rings (SSSR count). The number of piperidine rings is 1. The van der Waals surface area contributed by atoms with Gasteiger partial charge in [0.05, 0.1) is 10.2 Å². The van der Waals surface area contributed by atoms with Gasteiger partial charge in [-0.05, 0) is 49.3 Å². The first kappa shape index (κ1) is 19.8. The maximum atomic E-state index is 6.49. The fourth-order valence-corrected chi connectivity index (χ4v) is 5.22. The Labute approximate surface area is 186 Å². The predicted octanol–water partition coefficient (Wildman–Crippen LogP) is 5.18. The second-order valence-electron chi connectivity index (χ2n) is 8.15. The number of nitrogens with two attached hydrogens (primary N) is 1. The van der Waals surface area contributed by atoms with Crippen molar-refractivity contribution in [2.45, 2.75) is 26.2 Å². The molecule has 0 saturated carbocycles. The third kappa shape index (κ3) is 4.18. The monoisotopic (exact) mass is 430 g/mol. The average Bonchev–Trinajstić information content (AvgIpc) is 3.21. The Morgan fingerprint density at radius 1 is 1.06 bits per heavy atom. The fraction of sp³-hybridized carbons (Fsp3) is 0.292. The number of hydrogen-bond donors (Lipinski definition) is 2. The lowest BCUT2D eigenvalue weighted by atomic mass is 9.90. The Bertz CT molecular complexity index is 1180. The molecule has 1 aliphatic heterocycles. The van der Waals surface area contributed by atoms with E-state index in [1.807, 2.05) is 0 Å². The van der Waals surface area contributed by atoms with Crippen LogP contribution in [0, 0.1) is 12.8 Å². The maximum absolute atomic E-state index is 6.49. The second-order valence-corrected chi connectivity index (χ2v) is 9.18. The quantitative estimate of drug-likeness (QED) is 0.454. The van der Waals surface area contributed by atoms with Gasteiger partial charge in [0.15, 0.2) is 16.8 Å². The van der Waals surface area contributed by atoms with Crippen molar-refractivity contribution in [1.29, 1.82) is 0 Å². The maximum Gasteiger partial charge on any atom is 0.189 e. The van der Waals surface area contributed by atoms with E-state index in [1.54, 1.807) is 17.7 Å². The zero-order valence-electron chi connectivity index (χ0n) is 17.6. The van der Waals surface area contributed by atoms with Crippen LogP contribution in [-0.4, -0.2) is 28.0 Å². The van der Waals surface area contributed by atoms with Gasteiger partial charge in [-0.15, -0.1) is 0 Å². The highest BCUT2D eigenvalue weighted by molar-refractivity contribution is 7.22. The SMILES string of the molecule is Cc1cccc2sc(Nc3ncnc(N4CCC(Cc5ccccc5)CC4)c3N)nc12. The van der Waals surface area contributed by atoms with Crippen molar-refractivity contribution in [3.05, 3.63) is 66.0 Å². The lowest BCUT2D eigenvalue weighted by molar-refractivity contribution is 0.402. The van der Waals surface area contributed by atoms with Crippen LogP contribution in [0.25, 0.3) is 10.2 Å². The van der Waals surface area contributed by atoms with E-state index in [9.17, 15) is 0 Å². The van der Waals surface area contributed by atoms with E-state index in [0.29, 0.717) is 17.4 Å². The summed E-state index contributed by atoms with van der Waals surface area (Å²) in [5, 5.41) is 4.11. The van der Waals surface area contributed by atoms with E-state index in [1.165, 1.54) is 5.56 Å². The molecule has 0 spiro atoms. The third-order valence-corrected chi connectivity index (χ3v) is 6.93. The molecule has 0 radical (unpaired) electrons. The van der Waals surface area contributed by atoms with Crippen molar-refractivity contribution in [2.75, 3.05) is 29.0 Å². The molecular weight excluding hydrogens is 404 g/mol. The molecule has 0 amide bonds. The van der Waals surface area contributed by atoms with Gasteiger partial charge in [-0.1, -0.05) is 53.8 Å². The van der Waals surface area contributed by atoms with Crippen molar-refractivity contribution in [3.8, 4) is 0 Å². The Hall–Kier alpha value is -3.19. The summed E-state index contributed by atoms with van der Waals surface area (Å²) in [6, 6.07) is 17.0. The van der Waals surface area contributed by atoms with Gasteiger partial charge >= 0.3 is 0 Å². The summed E-state index contributed by atoms with van der Waals surface area (Å²) in [7, 11) is 0. The van der Waals surface area contributed by atoms with E-state index in [0.717, 1.165) is 59.1 Å². The molecule has 1 saturated heterocycles. The second kappa shape index (κ2) is 8.51. The van der Waals surface area contributed by atoms with E-state index in [2.05, 4.69) is 75.6 Å². The molecule has 0 bridgehead atoms. The van der Waals surface area contributed by atoms with Crippen LogP contribution in [0.5, 0.6) is 0 Å². The molecular formula is C24H26N6S. The molecule has 7 heteroatoms. The smallest absolute Gasteiger partial charge is 0.189 e. The highest BCUT2D eigenvalue weighted by atomic mass is 32.1. The summed E-state index contributed by atoms with van der Waals surface area (Å²) >= 11 is 1.61. The van der Waals surface area contributed by atoms with Crippen molar-refractivity contribution in [2.24, 2.45) is 5.92 Å². The minimum absolute atomic E-state index is 0.583. The van der Waals surface area contributed by atoms with Crippen LogP contribution in [0.15, 0.2) is 54.9 Å². The highest BCUT2D eigenvalue weighted by Crippen LogP contribution is 2.34. The minimum atomic E-state index is 0.583. The normalized spacial score (nSPS) is 14.8. The number of aryl methyl sites for hydroxylation is 1. The molecule has 1 aliphatic rings. The number of para-hydroxylation sites is 1. The fourth-order valence-electron chi connectivity index (χ4n) is 4.28. The zero-order valence-corrected chi connectivity index (χ0v) is 18.4. The van der Waals surface area contributed by atoms with Crippen LogP contribution in [0.4, 0.5) is 22.5 Å². The van der Waals surface area contributed by atoms with Gasteiger partial charge in [0.2, 0.25) is 0 Å². The lowest BCUT2D eigenvalue weighted by Crippen LogP contribution is -2.35. The molecule has 3 heterocycles. The van der Waals surface area contributed by atoms with Gasteiger partial charge in [0.25, 0.3) is 0 Å². The van der Waals surface area contributed by atoms with Crippen LogP contribution in [0.1, 0.15) is 24.0 Å². The van der Waals surface area contributed by atoms with Crippen LogP contribution < -0.4 is 16.0 Å². The molecule has 0 aliphatic carbocycles. The largest absolute Gasteiger partial charge is 0.393 e. The summed E-state index contributed by atoms with van der Waals surface area (Å²) in [6.45, 7) is 3.99. The third-order valence-electron chi connectivity index (χ3n) is 5.99. The van der Waals surface area contributed by atoms with E-state index < -0.39 is 0 Å². The van der Waals surface area contributed by atoms with Crippen molar-refractivity contribution < 1.29 is 0 Å². The standard InChI is InChI=1S/C24H26N6S/c1-16-6-5-9-19-21(16)28-24(31-19)29-22-20(25)23(27-15-26-22)30-12-10-18(11-13-30)14-17-7-3-2-4-8-17/h2-9,15,18H,10-14,25H2,1H3,(H,26,27,28,29). The van der Waals surface area contributed by atoms with E-state index in [-0.39, 0.29) is 0 Å². The number of nitrogen functional groups attached to an aromatic ring is 1. The van der Waals surface area contributed by atoms with Gasteiger partial charge in [-0.25, -0.2) is 15.0 Å². The minimum Gasteiger partial charge on any atom is -0.393 e. The van der Waals surface area contributed by atoms with Gasteiger partial charge in [-0.2, -0.15) is 0 Å². The molecule has 3 N–H and O–H groups in total. The zero-order chi connectivity index (χ0) is 21.2. The number of anilines is 4. The molecule has 6 nitrogen and oxygen atoms in total. The summed E-state index contributed by atoms with van der Waals surface area (Å²) in [5.74, 6) is 2.13. The summed E-state index contributed by atoms with van der Waals surface area (Å²) in [5.41, 5.74) is 10.7. The average molecular weight is 431 g/mol. The first-order valence-electron chi connectivity index (χ1n) is 10.7. The number of fused-ring (bicyclic) bond motifs is 1. The number of nitrogens with zero attached hydrogens (tertiary/aromatic N) is 4. The first-order chi connectivity index (χ1) is 15.2. The molecule has 31 heavy (non-hydrogen) atoms. The van der Waals surface area contributed by atoms with Crippen molar-refractivity contribution in [3.63, 3.8) is 0 Å². The van der Waals surface area contributed by atoms with Crippen LogP contribution >= 0.6 is 11.3 Å². The van der Waals surface area contributed by atoms with E-state index in [4.69, 9.17) is 10.7 Å². The number of aromatic nitrogens is 3. The number of hydrogen-bond acceptors (Lipinski definition) is 7. The number of thiazole rings is 1. The molecule has 4 aromatic rings. The van der Waals surface area contributed by atoms with Crippen LogP contribution in [-0.2, 0) is 6.42 Å². The molecule has 158 valence electrons. The molecule has 2 aromatic heterocycles. The predicted molar refractivity (Wildman–Crippen MR) is 129 cm³/mol. The number of nitrogens with one attached hydrogen (secondary N) is 1. The molecule has 0 atom stereocenters. The Kier molecular flexibility index (Phi) is 5.42. The van der Waals surface area contributed by atoms with E-state index >= 15 is 0 Å². The first-order valence-corrected chi connectivity index (χ1v) is 11.5. The highest BCUT2D eigenvalue weighted by Gasteiger charge is 2.23. The van der Waals surface area contributed by atoms with Crippen LogP contribution in [0.3, 0.4) is 0 Å². The van der Waals surface area contributed by atoms with Crippen molar-refractivity contribution >= 4 is 44.0 Å². The summed E-state index contributed by atoms with van der Waals surface area (Å²) in [6.07, 6.45) is 5.00. The topological polar surface area (TPSA) is 80.0 Å². The van der Waals surface area contributed by atoms with Crippen LogP contribution in [0.2, 0.25) is 0 Å². The van der Waals surface area contributed by atoms with Crippen molar-refractivity contribution in [1.82, 2.24) is 15.0 Å². The van der Waals surface area contributed by atoms with Gasteiger partial charge in [0.1, 0.15) is 12.0 Å². The Morgan fingerprint density at radius 3 is 2.65 bits per heavy atom. The van der Waals surface area contributed by atoms with Gasteiger partial charge in [-0.3, -0.25) is 0 Å². The Morgan fingerprint density at radius 2 is 1.87 bits per heavy atom. The number of benzene rings is 2. The lowest BCUT2D eigenvalue weighted by Gasteiger charge is -2.33. The summed E-state index contributed by atoms with van der Waals surface area (Å²) < 4.78 is 1.15.